The van der Waals surface area contributed by atoms with E-state index in [4.69, 9.17) is 5.73 Å². The molecule has 0 aromatic heterocycles. The minimum absolute atomic E-state index is 0.0464. The molecule has 1 aromatic rings. The van der Waals surface area contributed by atoms with Gasteiger partial charge >= 0.3 is 0 Å². The van der Waals surface area contributed by atoms with Gasteiger partial charge in [0.1, 0.15) is 0 Å². The standard InChI is InChI=1S/C13H20N2O/c1-15(9-11-6-13(16)7-11)8-10-2-4-12(14)5-3-10/h2-5,11,13,16H,6-9,14H2,1H3. The Hall–Kier alpha value is -1.06. The number of nitrogens with two attached hydrogens (primary N) is 1. The van der Waals surface area contributed by atoms with E-state index in [2.05, 4.69) is 24.1 Å². The van der Waals surface area contributed by atoms with E-state index in [1.807, 2.05) is 12.1 Å². The fourth-order valence-electron chi connectivity index (χ4n) is 2.29. The molecule has 1 aromatic carbocycles. The summed E-state index contributed by atoms with van der Waals surface area (Å²) >= 11 is 0. The molecule has 0 aliphatic heterocycles. The van der Waals surface area contributed by atoms with Crippen molar-refractivity contribution in [3.63, 3.8) is 0 Å². The molecule has 1 aliphatic rings. The molecule has 1 aliphatic carbocycles. The third-order valence-electron chi connectivity index (χ3n) is 3.21. The van der Waals surface area contributed by atoms with Crippen molar-refractivity contribution in [3.05, 3.63) is 29.8 Å². The quantitative estimate of drug-likeness (QED) is 0.755. The molecule has 0 heterocycles. The number of hydrogen-bond acceptors (Lipinski definition) is 3. The highest BCUT2D eigenvalue weighted by Crippen LogP contribution is 2.27. The van der Waals surface area contributed by atoms with Crippen molar-refractivity contribution in [3.8, 4) is 0 Å². The molecule has 0 amide bonds. The van der Waals surface area contributed by atoms with E-state index >= 15 is 0 Å². The summed E-state index contributed by atoms with van der Waals surface area (Å²) in [6.07, 6.45) is 1.88. The minimum Gasteiger partial charge on any atom is -0.399 e. The first-order valence-electron chi connectivity index (χ1n) is 5.84. The summed E-state index contributed by atoms with van der Waals surface area (Å²) < 4.78 is 0. The Balaban J connectivity index is 1.78. The van der Waals surface area contributed by atoms with E-state index in [0.717, 1.165) is 31.6 Å². The van der Waals surface area contributed by atoms with E-state index in [0.29, 0.717) is 5.92 Å². The number of aliphatic hydroxyl groups is 1. The zero-order chi connectivity index (χ0) is 11.5. The van der Waals surface area contributed by atoms with Gasteiger partial charge in [0.2, 0.25) is 0 Å². The number of nitrogens with zero attached hydrogens (tertiary/aromatic N) is 1. The van der Waals surface area contributed by atoms with Crippen LogP contribution in [0, 0.1) is 5.92 Å². The Kier molecular flexibility index (Phi) is 3.46. The zero-order valence-corrected chi connectivity index (χ0v) is 9.76. The van der Waals surface area contributed by atoms with Gasteiger partial charge in [0.25, 0.3) is 0 Å². The van der Waals surface area contributed by atoms with Gasteiger partial charge in [0.15, 0.2) is 0 Å². The predicted octanol–water partition coefficient (Wildman–Crippen LogP) is 1.47. The summed E-state index contributed by atoms with van der Waals surface area (Å²) in [4.78, 5) is 2.31. The lowest BCUT2D eigenvalue weighted by Gasteiger charge is -2.34. The number of benzene rings is 1. The van der Waals surface area contributed by atoms with E-state index in [-0.39, 0.29) is 6.10 Å². The number of rotatable bonds is 4. The van der Waals surface area contributed by atoms with Gasteiger partial charge in [-0.2, -0.15) is 0 Å². The lowest BCUT2D eigenvalue weighted by atomic mass is 9.82. The van der Waals surface area contributed by atoms with Gasteiger partial charge in [-0.1, -0.05) is 12.1 Å². The summed E-state index contributed by atoms with van der Waals surface area (Å²) in [6.45, 7) is 2.02. The number of aliphatic hydroxyl groups excluding tert-OH is 1. The molecule has 16 heavy (non-hydrogen) atoms. The Morgan fingerprint density at radius 2 is 1.94 bits per heavy atom. The molecule has 1 saturated carbocycles. The highest BCUT2D eigenvalue weighted by atomic mass is 16.3. The van der Waals surface area contributed by atoms with Crippen LogP contribution in [-0.2, 0) is 6.54 Å². The van der Waals surface area contributed by atoms with Crippen LogP contribution in [0.1, 0.15) is 18.4 Å². The number of nitrogen functional groups attached to an aromatic ring is 1. The van der Waals surface area contributed by atoms with Crippen LogP contribution in [0.5, 0.6) is 0 Å². The summed E-state index contributed by atoms with van der Waals surface area (Å²) in [7, 11) is 2.13. The highest BCUT2D eigenvalue weighted by molar-refractivity contribution is 5.39. The maximum absolute atomic E-state index is 9.22. The smallest absolute Gasteiger partial charge is 0.0546 e. The van der Waals surface area contributed by atoms with Crippen LogP contribution in [0.4, 0.5) is 5.69 Å². The van der Waals surface area contributed by atoms with E-state index in [9.17, 15) is 5.11 Å². The van der Waals surface area contributed by atoms with Crippen LogP contribution in [0.25, 0.3) is 0 Å². The molecule has 3 N–H and O–H groups in total. The molecule has 0 saturated heterocycles. The molecule has 0 spiro atoms. The Bertz CT molecular complexity index is 330. The van der Waals surface area contributed by atoms with Gasteiger partial charge < -0.3 is 15.7 Å². The van der Waals surface area contributed by atoms with Crippen LogP contribution >= 0.6 is 0 Å². The molecule has 2 rings (SSSR count). The van der Waals surface area contributed by atoms with Crippen molar-refractivity contribution >= 4 is 5.69 Å². The fraction of sp³-hybridized carbons (Fsp3) is 0.538. The Morgan fingerprint density at radius 1 is 1.31 bits per heavy atom. The number of anilines is 1. The maximum Gasteiger partial charge on any atom is 0.0546 e. The zero-order valence-electron chi connectivity index (χ0n) is 9.76. The molecular formula is C13H20N2O. The lowest BCUT2D eigenvalue weighted by Crippen LogP contribution is -2.36. The molecule has 3 nitrogen and oxygen atoms in total. The second-order valence-corrected chi connectivity index (χ2v) is 4.93. The van der Waals surface area contributed by atoms with Crippen molar-refractivity contribution in [2.75, 3.05) is 19.3 Å². The largest absolute Gasteiger partial charge is 0.399 e. The van der Waals surface area contributed by atoms with E-state index in [1.54, 1.807) is 0 Å². The molecule has 0 atom stereocenters. The Morgan fingerprint density at radius 3 is 2.50 bits per heavy atom. The molecule has 0 bridgehead atoms. The molecule has 0 radical (unpaired) electrons. The molecule has 1 fully saturated rings. The second-order valence-electron chi connectivity index (χ2n) is 4.93. The molecule has 88 valence electrons. The number of hydrogen-bond donors (Lipinski definition) is 2. The van der Waals surface area contributed by atoms with Gasteiger partial charge in [-0.05, 0) is 43.5 Å². The predicted molar refractivity (Wildman–Crippen MR) is 65.9 cm³/mol. The van der Waals surface area contributed by atoms with Crippen LogP contribution in [0.15, 0.2) is 24.3 Å². The minimum atomic E-state index is -0.0464. The SMILES string of the molecule is CN(Cc1ccc(N)cc1)CC1CC(O)C1. The molecule has 3 heteroatoms. The van der Waals surface area contributed by atoms with Gasteiger partial charge in [-0.15, -0.1) is 0 Å². The summed E-state index contributed by atoms with van der Waals surface area (Å²) in [5.74, 6) is 0.675. The van der Waals surface area contributed by atoms with Crippen LogP contribution in [0.2, 0.25) is 0 Å². The van der Waals surface area contributed by atoms with Gasteiger partial charge in [-0.25, -0.2) is 0 Å². The van der Waals surface area contributed by atoms with Crippen LogP contribution in [-0.4, -0.2) is 29.7 Å². The summed E-state index contributed by atoms with van der Waals surface area (Å²) in [6, 6.07) is 8.02. The summed E-state index contributed by atoms with van der Waals surface area (Å²) in [5.41, 5.74) is 7.74. The van der Waals surface area contributed by atoms with Gasteiger partial charge in [0.05, 0.1) is 6.10 Å². The maximum atomic E-state index is 9.22. The third kappa shape index (κ3) is 2.97. The normalized spacial score (nSPS) is 24.4. The van der Waals surface area contributed by atoms with Crippen molar-refractivity contribution in [2.45, 2.75) is 25.5 Å². The van der Waals surface area contributed by atoms with Crippen molar-refractivity contribution < 1.29 is 5.11 Å². The second kappa shape index (κ2) is 4.85. The molecule has 0 unspecified atom stereocenters. The van der Waals surface area contributed by atoms with Crippen LogP contribution < -0.4 is 5.73 Å². The van der Waals surface area contributed by atoms with Crippen molar-refractivity contribution in [1.29, 1.82) is 0 Å². The first-order valence-corrected chi connectivity index (χ1v) is 5.84. The van der Waals surface area contributed by atoms with Gasteiger partial charge in [0, 0.05) is 18.8 Å². The van der Waals surface area contributed by atoms with Crippen molar-refractivity contribution in [1.82, 2.24) is 4.90 Å². The average molecular weight is 220 g/mol. The average Bonchev–Trinajstić information content (AvgIpc) is 2.19. The van der Waals surface area contributed by atoms with Crippen LogP contribution in [0.3, 0.4) is 0 Å². The topological polar surface area (TPSA) is 49.5 Å². The van der Waals surface area contributed by atoms with E-state index in [1.165, 1.54) is 5.56 Å². The van der Waals surface area contributed by atoms with E-state index < -0.39 is 0 Å². The lowest BCUT2D eigenvalue weighted by molar-refractivity contribution is 0.0274. The third-order valence-corrected chi connectivity index (χ3v) is 3.21. The first kappa shape index (κ1) is 11.4. The monoisotopic (exact) mass is 220 g/mol. The van der Waals surface area contributed by atoms with Gasteiger partial charge in [-0.3, -0.25) is 0 Å². The summed E-state index contributed by atoms with van der Waals surface area (Å²) in [5, 5.41) is 9.22. The first-order chi connectivity index (χ1) is 7.63. The van der Waals surface area contributed by atoms with Crippen molar-refractivity contribution in [2.24, 2.45) is 5.92 Å². The fourth-order valence-corrected chi connectivity index (χ4v) is 2.29. The Labute approximate surface area is 96.9 Å². The highest BCUT2D eigenvalue weighted by Gasteiger charge is 2.27. The molecular weight excluding hydrogens is 200 g/mol.